The fourth-order valence-corrected chi connectivity index (χ4v) is 6.14. The molecule has 1 aliphatic carbocycles. The van der Waals surface area contributed by atoms with Crippen LogP contribution in [0.1, 0.15) is 29.5 Å². The van der Waals surface area contributed by atoms with E-state index in [1.54, 1.807) is 4.90 Å². The zero-order valence-electron chi connectivity index (χ0n) is 19.2. The molecule has 2 atom stereocenters. The van der Waals surface area contributed by atoms with Crippen LogP contribution >= 0.6 is 0 Å². The molecule has 180 valence electrons. The largest absolute Gasteiger partial charge is 0.465 e. The molecule has 3 heterocycles. The second-order valence-corrected chi connectivity index (χ2v) is 9.80. The summed E-state index contributed by atoms with van der Waals surface area (Å²) in [5, 5.41) is 11.6. The Morgan fingerprint density at radius 3 is 2.46 bits per heavy atom. The van der Waals surface area contributed by atoms with Gasteiger partial charge < -0.3 is 14.9 Å². The van der Waals surface area contributed by atoms with Crippen molar-refractivity contribution in [2.24, 2.45) is 0 Å². The number of nitrogens with one attached hydrogen (secondary N) is 1. The first-order valence-corrected chi connectivity index (χ1v) is 12.0. The van der Waals surface area contributed by atoms with Crippen molar-refractivity contribution >= 4 is 35.2 Å². The summed E-state index contributed by atoms with van der Waals surface area (Å²) in [5.74, 6) is -0.799. The van der Waals surface area contributed by atoms with Crippen LogP contribution < -0.4 is 15.1 Å². The summed E-state index contributed by atoms with van der Waals surface area (Å²) < 4.78 is 0. The Hall–Kier alpha value is -3.88. The number of hydrogen-bond acceptors (Lipinski definition) is 5. The number of imide groups is 1. The van der Waals surface area contributed by atoms with E-state index < -0.39 is 23.5 Å². The topological polar surface area (TPSA) is 110 Å². The van der Waals surface area contributed by atoms with Crippen LogP contribution in [0, 0.1) is 0 Å². The molecule has 2 N–H and O–H groups in total. The predicted molar refractivity (Wildman–Crippen MR) is 127 cm³/mol. The Balaban J connectivity index is 1.30. The Morgan fingerprint density at radius 1 is 0.971 bits per heavy atom. The molecule has 3 aliphatic heterocycles. The quantitative estimate of drug-likeness (QED) is 0.641. The van der Waals surface area contributed by atoms with E-state index >= 15 is 0 Å². The van der Waals surface area contributed by atoms with Crippen LogP contribution in [0.25, 0.3) is 0 Å². The van der Waals surface area contributed by atoms with Crippen molar-refractivity contribution in [2.45, 2.75) is 37.1 Å². The first-order valence-electron chi connectivity index (χ1n) is 12.0. The molecule has 4 amide bonds. The number of nitrogens with zero attached hydrogens (tertiary/aromatic N) is 3. The van der Waals surface area contributed by atoms with Gasteiger partial charge in [-0.25, -0.2) is 4.79 Å². The molecule has 0 aromatic heterocycles. The van der Waals surface area contributed by atoms with E-state index in [4.69, 9.17) is 0 Å². The fourth-order valence-electron chi connectivity index (χ4n) is 6.14. The summed E-state index contributed by atoms with van der Waals surface area (Å²) in [4.78, 5) is 54.9. The average molecular weight is 475 g/mol. The first-order chi connectivity index (χ1) is 16.9. The van der Waals surface area contributed by atoms with Gasteiger partial charge in [0.05, 0.1) is 5.41 Å². The van der Waals surface area contributed by atoms with Crippen molar-refractivity contribution in [3.63, 3.8) is 0 Å². The van der Waals surface area contributed by atoms with Crippen LogP contribution in [0.4, 0.5) is 16.2 Å². The predicted octanol–water partition coefficient (Wildman–Crippen LogP) is 1.67. The summed E-state index contributed by atoms with van der Waals surface area (Å²) in [7, 11) is 0. The average Bonchev–Trinajstić information content (AvgIpc) is 3.35. The smallest absolute Gasteiger partial charge is 0.407 e. The van der Waals surface area contributed by atoms with E-state index in [0.717, 1.165) is 28.1 Å². The number of carbonyl (C=O) groups excluding carboxylic acids is 3. The number of rotatable bonds is 2. The number of hydrogen-bond donors (Lipinski definition) is 2. The van der Waals surface area contributed by atoms with E-state index in [-0.39, 0.29) is 18.2 Å². The molecule has 2 saturated heterocycles. The number of carbonyl (C=O) groups is 4. The molecular formula is C26H26N4O5. The van der Waals surface area contributed by atoms with Crippen LogP contribution in [0.5, 0.6) is 0 Å². The third kappa shape index (κ3) is 3.29. The Kier molecular flexibility index (Phi) is 4.84. The van der Waals surface area contributed by atoms with Gasteiger partial charge in [0.15, 0.2) is 0 Å². The fraction of sp³-hybridized carbons (Fsp3) is 0.385. The van der Waals surface area contributed by atoms with Crippen molar-refractivity contribution in [1.29, 1.82) is 0 Å². The van der Waals surface area contributed by atoms with Gasteiger partial charge in [-0.1, -0.05) is 24.3 Å². The zero-order valence-corrected chi connectivity index (χ0v) is 19.2. The van der Waals surface area contributed by atoms with E-state index in [0.29, 0.717) is 45.4 Å². The van der Waals surface area contributed by atoms with Crippen LogP contribution in [0.2, 0.25) is 0 Å². The number of piperidine rings is 1. The Bertz CT molecular complexity index is 1270. The van der Waals surface area contributed by atoms with Gasteiger partial charge in [-0.2, -0.15) is 0 Å². The molecule has 2 unspecified atom stereocenters. The highest BCUT2D eigenvalue weighted by atomic mass is 16.4. The van der Waals surface area contributed by atoms with E-state index in [9.17, 15) is 24.3 Å². The van der Waals surface area contributed by atoms with Crippen molar-refractivity contribution in [2.75, 3.05) is 36.0 Å². The maximum Gasteiger partial charge on any atom is 0.407 e. The van der Waals surface area contributed by atoms with Gasteiger partial charge in [0.1, 0.15) is 6.04 Å². The van der Waals surface area contributed by atoms with Crippen LogP contribution in [0.15, 0.2) is 42.5 Å². The van der Waals surface area contributed by atoms with Gasteiger partial charge in [0, 0.05) is 44.0 Å². The molecule has 0 saturated carbocycles. The summed E-state index contributed by atoms with van der Waals surface area (Å²) in [6.45, 7) is 2.18. The number of amides is 4. The maximum absolute atomic E-state index is 14.1. The SMILES string of the molecule is O=C1CCC(N2C(=O)C3(Cc4ccc(N5CCN(C(=O)O)CC5)cc4C3)c3ccccc32)C(=O)N1. The van der Waals surface area contributed by atoms with Gasteiger partial charge >= 0.3 is 6.09 Å². The van der Waals surface area contributed by atoms with Gasteiger partial charge in [-0.15, -0.1) is 0 Å². The van der Waals surface area contributed by atoms with Crippen molar-refractivity contribution in [3.8, 4) is 0 Å². The molecule has 2 fully saturated rings. The van der Waals surface area contributed by atoms with E-state index in [2.05, 4.69) is 28.4 Å². The van der Waals surface area contributed by atoms with Gasteiger partial charge in [0.2, 0.25) is 17.7 Å². The number of piperazine rings is 1. The van der Waals surface area contributed by atoms with Crippen molar-refractivity contribution in [3.05, 3.63) is 59.2 Å². The summed E-state index contributed by atoms with van der Waals surface area (Å²) in [6, 6.07) is 13.2. The lowest BCUT2D eigenvalue weighted by molar-refractivity contribution is -0.136. The minimum atomic E-state index is -0.889. The molecule has 6 rings (SSSR count). The Morgan fingerprint density at radius 2 is 1.71 bits per heavy atom. The molecule has 35 heavy (non-hydrogen) atoms. The van der Waals surface area contributed by atoms with Crippen LogP contribution in [-0.2, 0) is 32.6 Å². The lowest BCUT2D eigenvalue weighted by Gasteiger charge is -2.34. The van der Waals surface area contributed by atoms with Crippen molar-refractivity contribution < 1.29 is 24.3 Å². The number of fused-ring (bicyclic) bond motifs is 3. The summed E-state index contributed by atoms with van der Waals surface area (Å²) >= 11 is 0. The lowest BCUT2D eigenvalue weighted by Crippen LogP contribution is -2.55. The monoisotopic (exact) mass is 474 g/mol. The molecule has 4 aliphatic rings. The number of anilines is 2. The molecule has 2 aromatic rings. The molecule has 0 bridgehead atoms. The highest BCUT2D eigenvalue weighted by Gasteiger charge is 2.56. The van der Waals surface area contributed by atoms with Gasteiger partial charge in [-0.3, -0.25) is 24.6 Å². The van der Waals surface area contributed by atoms with E-state index in [1.165, 1.54) is 4.90 Å². The van der Waals surface area contributed by atoms with E-state index in [1.807, 2.05) is 24.3 Å². The molecule has 0 radical (unpaired) electrons. The van der Waals surface area contributed by atoms with Crippen molar-refractivity contribution in [1.82, 2.24) is 10.2 Å². The maximum atomic E-state index is 14.1. The van der Waals surface area contributed by atoms with Crippen LogP contribution in [-0.4, -0.2) is 66.0 Å². The van der Waals surface area contributed by atoms with Gasteiger partial charge in [-0.05, 0) is 54.2 Å². The van der Waals surface area contributed by atoms with Crippen LogP contribution in [0.3, 0.4) is 0 Å². The molecular weight excluding hydrogens is 448 g/mol. The number of benzene rings is 2. The molecule has 9 nitrogen and oxygen atoms in total. The molecule has 1 spiro atoms. The summed E-state index contributed by atoms with van der Waals surface area (Å²) in [5.41, 5.74) is 4.18. The van der Waals surface area contributed by atoms with Gasteiger partial charge in [0.25, 0.3) is 0 Å². The number of carboxylic acid groups (broad SMARTS) is 1. The minimum absolute atomic E-state index is 0.0824. The molecule has 9 heteroatoms. The normalized spacial score (nSPS) is 25.7. The lowest BCUT2D eigenvalue weighted by atomic mass is 9.79. The first kappa shape index (κ1) is 21.6. The highest BCUT2D eigenvalue weighted by Crippen LogP contribution is 2.51. The number of para-hydroxylation sites is 1. The molecule has 2 aromatic carbocycles. The minimum Gasteiger partial charge on any atom is -0.465 e. The second kappa shape index (κ2) is 7.83. The third-order valence-corrected chi connectivity index (χ3v) is 7.92. The Labute approximate surface area is 202 Å². The zero-order chi connectivity index (χ0) is 24.3. The standard InChI is InChI=1S/C26H26N4O5/c31-22-8-7-21(23(32)27-22)30-20-4-2-1-3-19(20)26(24(30)33)14-16-5-6-18(13-17(16)15-26)28-9-11-29(12-10-28)25(34)35/h1-6,13,21H,7-12,14-15H2,(H,34,35)(H,27,31,32). The second-order valence-electron chi connectivity index (χ2n) is 9.80. The third-order valence-electron chi connectivity index (χ3n) is 7.92. The highest BCUT2D eigenvalue weighted by molar-refractivity contribution is 6.14. The summed E-state index contributed by atoms with van der Waals surface area (Å²) in [6.07, 6.45) is 0.758.